The van der Waals surface area contributed by atoms with Crippen LogP contribution in [0.1, 0.15) is 33.1 Å². The smallest absolute Gasteiger partial charge is 0.237 e. The lowest BCUT2D eigenvalue weighted by atomic mass is 10.0. The summed E-state index contributed by atoms with van der Waals surface area (Å²) in [6.07, 6.45) is 3.63. The van der Waals surface area contributed by atoms with Crippen LogP contribution in [0.25, 0.3) is 0 Å². The molecule has 19 heavy (non-hydrogen) atoms. The highest BCUT2D eigenvalue weighted by Gasteiger charge is 2.47. The molecule has 1 aliphatic carbocycles. The Balaban J connectivity index is 0.00000133. The number of carbonyl (C=O) groups is 1. The Morgan fingerprint density at radius 1 is 1.37 bits per heavy atom. The van der Waals surface area contributed by atoms with Crippen LogP contribution >= 0.6 is 12.4 Å². The van der Waals surface area contributed by atoms with Crippen LogP contribution in [-0.4, -0.2) is 48.6 Å². The summed E-state index contributed by atoms with van der Waals surface area (Å²) in [4.78, 5) is 14.8. The molecule has 2 aliphatic heterocycles. The van der Waals surface area contributed by atoms with Crippen molar-refractivity contribution >= 4 is 18.3 Å². The Kier molecular flexibility index (Phi) is 4.75. The second kappa shape index (κ2) is 5.98. The molecule has 0 aromatic rings. The third-order valence-corrected chi connectivity index (χ3v) is 4.73. The molecule has 0 bridgehead atoms. The molecular weight excluding hydrogens is 262 g/mol. The molecule has 5 heteroatoms. The van der Waals surface area contributed by atoms with Gasteiger partial charge in [-0.25, -0.2) is 0 Å². The molecule has 3 fully saturated rings. The standard InChI is InChI=1S/C14H25N3O.ClH/c1-9(2)17-12(5-11-7-15-8-13(11)17)14(18)16-6-10-3-4-10;/h9-13,15H,3-8H2,1-2H3,(H,16,18);1H/t11-,12+,13+;/m1./s1. The average molecular weight is 288 g/mol. The van der Waals surface area contributed by atoms with Gasteiger partial charge in [0.1, 0.15) is 0 Å². The van der Waals surface area contributed by atoms with Gasteiger partial charge in [0.25, 0.3) is 0 Å². The third-order valence-electron chi connectivity index (χ3n) is 4.73. The van der Waals surface area contributed by atoms with E-state index >= 15 is 0 Å². The van der Waals surface area contributed by atoms with E-state index in [1.807, 2.05) is 0 Å². The van der Waals surface area contributed by atoms with Crippen molar-refractivity contribution in [2.24, 2.45) is 11.8 Å². The van der Waals surface area contributed by atoms with Gasteiger partial charge in [0, 0.05) is 25.2 Å². The van der Waals surface area contributed by atoms with Gasteiger partial charge in [-0.3, -0.25) is 9.69 Å². The van der Waals surface area contributed by atoms with E-state index in [0.29, 0.717) is 18.0 Å². The highest BCUT2D eigenvalue weighted by atomic mass is 35.5. The van der Waals surface area contributed by atoms with Gasteiger partial charge < -0.3 is 10.6 Å². The lowest BCUT2D eigenvalue weighted by Gasteiger charge is -2.32. The Labute approximate surface area is 122 Å². The minimum absolute atomic E-state index is 0. The van der Waals surface area contributed by atoms with Crippen LogP contribution in [-0.2, 0) is 4.79 Å². The van der Waals surface area contributed by atoms with Crippen LogP contribution in [0.5, 0.6) is 0 Å². The first kappa shape index (κ1) is 15.1. The first-order valence-corrected chi connectivity index (χ1v) is 7.42. The van der Waals surface area contributed by atoms with Crippen molar-refractivity contribution in [3.8, 4) is 0 Å². The van der Waals surface area contributed by atoms with Crippen LogP contribution in [0.3, 0.4) is 0 Å². The number of hydrogen-bond donors (Lipinski definition) is 2. The maximum atomic E-state index is 12.4. The van der Waals surface area contributed by atoms with E-state index in [1.54, 1.807) is 0 Å². The van der Waals surface area contributed by atoms with Crippen molar-refractivity contribution < 1.29 is 4.79 Å². The van der Waals surface area contributed by atoms with E-state index < -0.39 is 0 Å². The predicted octanol–water partition coefficient (Wildman–Crippen LogP) is 1.01. The molecule has 0 spiro atoms. The van der Waals surface area contributed by atoms with E-state index in [-0.39, 0.29) is 24.4 Å². The Hall–Kier alpha value is -0.320. The minimum Gasteiger partial charge on any atom is -0.354 e. The summed E-state index contributed by atoms with van der Waals surface area (Å²) < 4.78 is 0. The van der Waals surface area contributed by atoms with Crippen molar-refractivity contribution in [2.45, 2.75) is 51.2 Å². The summed E-state index contributed by atoms with van der Waals surface area (Å²) in [7, 11) is 0. The van der Waals surface area contributed by atoms with Gasteiger partial charge in [-0.1, -0.05) is 0 Å². The van der Waals surface area contributed by atoms with E-state index in [2.05, 4.69) is 29.4 Å². The fraction of sp³-hybridized carbons (Fsp3) is 0.929. The molecule has 4 nitrogen and oxygen atoms in total. The van der Waals surface area contributed by atoms with Crippen LogP contribution in [0, 0.1) is 11.8 Å². The summed E-state index contributed by atoms with van der Waals surface area (Å²) in [5, 5.41) is 6.62. The zero-order chi connectivity index (χ0) is 12.7. The van der Waals surface area contributed by atoms with Gasteiger partial charge in [-0.05, 0) is 51.5 Å². The Morgan fingerprint density at radius 2 is 2.11 bits per heavy atom. The van der Waals surface area contributed by atoms with Gasteiger partial charge in [0.15, 0.2) is 0 Å². The van der Waals surface area contributed by atoms with Crippen LogP contribution < -0.4 is 10.6 Å². The topological polar surface area (TPSA) is 44.4 Å². The van der Waals surface area contributed by atoms with Gasteiger partial charge in [0.2, 0.25) is 5.91 Å². The first-order chi connectivity index (χ1) is 8.66. The molecule has 3 rings (SSSR count). The zero-order valence-corrected chi connectivity index (χ0v) is 12.7. The number of likely N-dealkylation sites (tertiary alicyclic amines) is 1. The fourth-order valence-corrected chi connectivity index (χ4v) is 3.62. The molecule has 0 aromatic carbocycles. The largest absolute Gasteiger partial charge is 0.354 e. The molecule has 3 atom stereocenters. The molecule has 0 aromatic heterocycles. The normalized spacial score (nSPS) is 34.2. The Bertz CT molecular complexity index is 333. The third kappa shape index (κ3) is 3.06. The van der Waals surface area contributed by atoms with Crippen LogP contribution in [0.4, 0.5) is 0 Å². The summed E-state index contributed by atoms with van der Waals surface area (Å²) in [5.74, 6) is 1.71. The van der Waals surface area contributed by atoms with Crippen molar-refractivity contribution in [3.63, 3.8) is 0 Å². The maximum absolute atomic E-state index is 12.4. The average Bonchev–Trinajstić information content (AvgIpc) is 2.91. The van der Waals surface area contributed by atoms with E-state index in [9.17, 15) is 4.79 Å². The van der Waals surface area contributed by atoms with Crippen LogP contribution in [0.2, 0.25) is 0 Å². The molecular formula is C14H26ClN3O. The SMILES string of the molecule is CC(C)N1[C@H](C(=O)NCC2CC2)C[C@@H]2CNC[C@@H]21.Cl. The molecule has 1 amide bonds. The van der Waals surface area contributed by atoms with E-state index in [4.69, 9.17) is 0 Å². The highest BCUT2D eigenvalue weighted by Crippen LogP contribution is 2.34. The van der Waals surface area contributed by atoms with Crippen molar-refractivity contribution in [1.82, 2.24) is 15.5 Å². The number of fused-ring (bicyclic) bond motifs is 1. The van der Waals surface area contributed by atoms with Gasteiger partial charge >= 0.3 is 0 Å². The summed E-state index contributed by atoms with van der Waals surface area (Å²) in [6.45, 7) is 7.45. The summed E-state index contributed by atoms with van der Waals surface area (Å²) in [6, 6.07) is 1.14. The molecule has 0 radical (unpaired) electrons. The summed E-state index contributed by atoms with van der Waals surface area (Å²) in [5.41, 5.74) is 0. The molecule has 1 saturated carbocycles. The number of amides is 1. The predicted molar refractivity (Wildman–Crippen MR) is 78.5 cm³/mol. The lowest BCUT2D eigenvalue weighted by molar-refractivity contribution is -0.126. The van der Waals surface area contributed by atoms with Crippen molar-refractivity contribution in [3.05, 3.63) is 0 Å². The summed E-state index contributed by atoms with van der Waals surface area (Å²) >= 11 is 0. The van der Waals surface area contributed by atoms with Crippen molar-refractivity contribution in [1.29, 1.82) is 0 Å². The highest BCUT2D eigenvalue weighted by molar-refractivity contribution is 5.85. The number of nitrogens with one attached hydrogen (secondary N) is 2. The molecule has 2 saturated heterocycles. The molecule has 110 valence electrons. The molecule has 2 heterocycles. The number of hydrogen-bond acceptors (Lipinski definition) is 3. The van der Waals surface area contributed by atoms with Crippen LogP contribution in [0.15, 0.2) is 0 Å². The quantitative estimate of drug-likeness (QED) is 0.811. The number of halogens is 1. The molecule has 0 unspecified atom stereocenters. The van der Waals surface area contributed by atoms with E-state index in [1.165, 1.54) is 12.8 Å². The zero-order valence-electron chi connectivity index (χ0n) is 11.9. The fourth-order valence-electron chi connectivity index (χ4n) is 3.62. The molecule has 2 N–H and O–H groups in total. The molecule has 3 aliphatic rings. The lowest BCUT2D eigenvalue weighted by Crippen LogP contribution is -2.50. The first-order valence-electron chi connectivity index (χ1n) is 7.42. The number of rotatable bonds is 4. The second-order valence-corrected chi connectivity index (χ2v) is 6.47. The number of nitrogens with zero attached hydrogens (tertiary/aromatic N) is 1. The van der Waals surface area contributed by atoms with Gasteiger partial charge in [-0.15, -0.1) is 12.4 Å². The minimum atomic E-state index is 0. The van der Waals surface area contributed by atoms with Gasteiger partial charge in [-0.2, -0.15) is 0 Å². The number of carbonyl (C=O) groups excluding carboxylic acids is 1. The van der Waals surface area contributed by atoms with Crippen molar-refractivity contribution in [2.75, 3.05) is 19.6 Å². The van der Waals surface area contributed by atoms with E-state index in [0.717, 1.165) is 32.0 Å². The Morgan fingerprint density at radius 3 is 2.74 bits per heavy atom. The second-order valence-electron chi connectivity index (χ2n) is 6.47. The monoisotopic (exact) mass is 287 g/mol. The maximum Gasteiger partial charge on any atom is 0.237 e. The van der Waals surface area contributed by atoms with Gasteiger partial charge in [0.05, 0.1) is 6.04 Å².